The molecule has 0 radical (unpaired) electrons. The van der Waals surface area contributed by atoms with Crippen LogP contribution in [0.5, 0.6) is 5.75 Å². The van der Waals surface area contributed by atoms with Crippen LogP contribution in [0.25, 0.3) is 33.2 Å². The summed E-state index contributed by atoms with van der Waals surface area (Å²) in [7, 11) is 1.65. The Morgan fingerprint density at radius 3 is 2.39 bits per heavy atom. The number of nitrogens with one attached hydrogen (secondary N) is 1. The first-order valence-corrected chi connectivity index (χ1v) is 13.7. The summed E-state index contributed by atoms with van der Waals surface area (Å²) >= 11 is 0. The van der Waals surface area contributed by atoms with Crippen molar-refractivity contribution in [3.05, 3.63) is 66.1 Å². The quantitative estimate of drug-likeness (QED) is 0.248. The number of aromatic amines is 1. The summed E-state index contributed by atoms with van der Waals surface area (Å²) in [5, 5.41) is 8.07. The number of methoxy groups -OCH3 is 1. The second-order valence-corrected chi connectivity index (χ2v) is 11.5. The van der Waals surface area contributed by atoms with E-state index in [0.29, 0.717) is 30.2 Å². The molecule has 0 spiro atoms. The van der Waals surface area contributed by atoms with E-state index in [1.54, 1.807) is 18.2 Å². The lowest BCUT2D eigenvalue weighted by molar-refractivity contribution is 0.00178. The first-order valence-electron chi connectivity index (χ1n) is 13.7. The fourth-order valence-corrected chi connectivity index (χ4v) is 5.22. The average molecular weight is 556 g/mol. The van der Waals surface area contributed by atoms with E-state index in [9.17, 15) is 4.79 Å². The Morgan fingerprint density at radius 1 is 1.05 bits per heavy atom. The van der Waals surface area contributed by atoms with Gasteiger partial charge in [0.15, 0.2) is 5.82 Å². The molecule has 0 bridgehead atoms. The third-order valence-corrected chi connectivity index (χ3v) is 7.15. The number of pyridine rings is 1. The number of H-pyrrole nitrogens is 1. The molecule has 3 N–H and O–H groups in total. The van der Waals surface area contributed by atoms with Crippen molar-refractivity contribution in [2.75, 3.05) is 19.4 Å². The zero-order valence-electron chi connectivity index (χ0n) is 24.6. The van der Waals surface area contributed by atoms with Crippen LogP contribution in [0.2, 0.25) is 0 Å². The van der Waals surface area contributed by atoms with E-state index in [0.717, 1.165) is 39.0 Å². The molecule has 0 aliphatic carbocycles. The van der Waals surface area contributed by atoms with Crippen LogP contribution in [0.15, 0.2) is 54.7 Å². The number of benzene rings is 2. The predicted octanol–water partition coefficient (Wildman–Crippen LogP) is 6.11. The summed E-state index contributed by atoms with van der Waals surface area (Å²) in [5.41, 5.74) is 10.0. The van der Waals surface area contributed by atoms with Gasteiger partial charge < -0.3 is 19.8 Å². The number of aromatic nitrogens is 5. The number of carbonyl (C=O) groups excluding carboxylic acids is 1. The van der Waals surface area contributed by atoms with Gasteiger partial charge in [-0.1, -0.05) is 18.2 Å². The number of rotatable bonds is 7. The molecule has 10 heteroatoms. The molecule has 214 valence electrons. The maximum Gasteiger partial charge on any atom is 0.411 e. The number of ether oxygens (including phenoxy) is 2. The average Bonchev–Trinajstić information content (AvgIpc) is 3.58. The normalized spacial score (nSPS) is 12.2. The number of nitrogen functional groups attached to an aromatic ring is 1. The van der Waals surface area contributed by atoms with Crippen LogP contribution in [0.1, 0.15) is 52.9 Å². The van der Waals surface area contributed by atoms with E-state index < -0.39 is 17.2 Å². The summed E-state index contributed by atoms with van der Waals surface area (Å²) in [6.45, 7) is 12.4. The summed E-state index contributed by atoms with van der Waals surface area (Å²) in [6.07, 6.45) is 1.38. The van der Waals surface area contributed by atoms with Crippen molar-refractivity contribution in [2.24, 2.45) is 0 Å². The Bertz CT molecular complexity index is 1700. The van der Waals surface area contributed by atoms with Gasteiger partial charge in [0.1, 0.15) is 22.7 Å². The highest BCUT2D eigenvalue weighted by atomic mass is 16.6. The van der Waals surface area contributed by atoms with Crippen LogP contribution >= 0.6 is 0 Å². The largest absolute Gasteiger partial charge is 0.497 e. The number of amides is 1. The number of fused-ring (bicyclic) bond motifs is 3. The third kappa shape index (κ3) is 5.29. The first-order chi connectivity index (χ1) is 19.4. The van der Waals surface area contributed by atoms with Gasteiger partial charge >= 0.3 is 6.09 Å². The molecule has 0 fully saturated rings. The van der Waals surface area contributed by atoms with Gasteiger partial charge in [-0.25, -0.2) is 14.8 Å². The topological polar surface area (TPSA) is 124 Å². The van der Waals surface area contributed by atoms with Crippen molar-refractivity contribution < 1.29 is 14.3 Å². The lowest BCUT2D eigenvalue weighted by atomic mass is 10.0. The lowest BCUT2D eigenvalue weighted by Crippen LogP contribution is -2.49. The fraction of sp³-hybridized carbons (Fsp3) is 0.355. The molecule has 0 aliphatic rings. The number of anilines is 1. The zero-order chi connectivity index (χ0) is 29.5. The number of imidazole rings is 1. The minimum Gasteiger partial charge on any atom is -0.497 e. The number of nitrogens with zero attached hydrogens (tertiary/aromatic N) is 5. The Labute approximate surface area is 239 Å². The SMILES string of the molecule is CCN(C(=O)OC(C)(C)C)C(C)(C)c1nc2c(N)nc3cc(-c4cc[nH]n4)ccc3c2n1Cc1ccc(OC)cc1. The maximum absolute atomic E-state index is 13.4. The molecule has 41 heavy (non-hydrogen) atoms. The van der Waals surface area contributed by atoms with Crippen molar-refractivity contribution in [2.45, 2.75) is 59.2 Å². The summed E-state index contributed by atoms with van der Waals surface area (Å²) in [4.78, 5) is 24.9. The second kappa shape index (κ2) is 10.4. The minimum absolute atomic E-state index is 0.317. The van der Waals surface area contributed by atoms with Gasteiger partial charge in [-0.15, -0.1) is 0 Å². The Morgan fingerprint density at radius 2 is 1.78 bits per heavy atom. The molecule has 10 nitrogen and oxygen atoms in total. The van der Waals surface area contributed by atoms with Gasteiger partial charge in [0.05, 0.1) is 29.4 Å². The van der Waals surface area contributed by atoms with Gasteiger partial charge in [-0.05, 0) is 77.4 Å². The summed E-state index contributed by atoms with van der Waals surface area (Å²) in [5.74, 6) is 1.77. The van der Waals surface area contributed by atoms with Gasteiger partial charge in [0.25, 0.3) is 0 Å². The molecule has 3 aromatic heterocycles. The molecular formula is C31H37N7O3. The number of hydrogen-bond donors (Lipinski definition) is 2. The molecule has 0 saturated heterocycles. The molecule has 0 saturated carbocycles. The Hall–Kier alpha value is -4.60. The highest BCUT2D eigenvalue weighted by Gasteiger charge is 2.39. The van der Waals surface area contributed by atoms with Crippen molar-refractivity contribution >= 4 is 33.8 Å². The van der Waals surface area contributed by atoms with Gasteiger partial charge in [0, 0.05) is 30.2 Å². The van der Waals surface area contributed by atoms with E-state index >= 15 is 0 Å². The van der Waals surface area contributed by atoms with Gasteiger partial charge in [-0.3, -0.25) is 10.00 Å². The maximum atomic E-state index is 13.4. The Balaban J connectivity index is 1.74. The molecule has 0 unspecified atom stereocenters. The van der Waals surface area contributed by atoms with E-state index in [1.807, 2.05) is 90.1 Å². The summed E-state index contributed by atoms with van der Waals surface area (Å²) in [6, 6.07) is 15.9. The van der Waals surface area contributed by atoms with Gasteiger partial charge in [-0.2, -0.15) is 5.10 Å². The number of hydrogen-bond acceptors (Lipinski definition) is 7. The highest BCUT2D eigenvalue weighted by molar-refractivity contribution is 6.07. The van der Waals surface area contributed by atoms with E-state index in [1.165, 1.54) is 0 Å². The lowest BCUT2D eigenvalue weighted by Gasteiger charge is -2.38. The molecule has 5 aromatic rings. The highest BCUT2D eigenvalue weighted by Crippen LogP contribution is 2.37. The van der Waals surface area contributed by atoms with Crippen LogP contribution in [0.3, 0.4) is 0 Å². The van der Waals surface area contributed by atoms with Crippen molar-refractivity contribution in [3.8, 4) is 17.0 Å². The molecule has 3 heterocycles. The van der Waals surface area contributed by atoms with Crippen molar-refractivity contribution in [3.63, 3.8) is 0 Å². The fourth-order valence-electron chi connectivity index (χ4n) is 5.22. The zero-order valence-corrected chi connectivity index (χ0v) is 24.6. The smallest absolute Gasteiger partial charge is 0.411 e. The van der Waals surface area contributed by atoms with Gasteiger partial charge in [0.2, 0.25) is 0 Å². The van der Waals surface area contributed by atoms with Crippen LogP contribution in [-0.4, -0.2) is 55.0 Å². The second-order valence-electron chi connectivity index (χ2n) is 11.5. The number of carbonyl (C=O) groups is 1. The Kier molecular flexibility index (Phi) is 7.10. The third-order valence-electron chi connectivity index (χ3n) is 7.15. The van der Waals surface area contributed by atoms with E-state index in [-0.39, 0.29) is 0 Å². The molecule has 2 aromatic carbocycles. The van der Waals surface area contributed by atoms with Crippen molar-refractivity contribution in [1.82, 2.24) is 29.6 Å². The predicted molar refractivity (Wildman–Crippen MR) is 161 cm³/mol. The molecular weight excluding hydrogens is 518 g/mol. The van der Waals surface area contributed by atoms with Crippen molar-refractivity contribution in [1.29, 1.82) is 0 Å². The minimum atomic E-state index is -0.851. The molecule has 1 amide bonds. The van der Waals surface area contributed by atoms with Crippen LogP contribution in [0, 0.1) is 0 Å². The van der Waals surface area contributed by atoms with Crippen LogP contribution in [0.4, 0.5) is 10.6 Å². The molecule has 5 rings (SSSR count). The van der Waals surface area contributed by atoms with Crippen LogP contribution in [-0.2, 0) is 16.8 Å². The standard InChI is InChI=1S/C31H37N7O3/c1-8-38(29(39)41-30(2,3)4)31(5,6)28-35-25-26(37(28)18-19-9-12-21(40-7)13-10-19)22-14-11-20(23-15-16-33-36-23)17-24(22)34-27(25)32/h9-17H,8,18H2,1-7H3,(H2,32,34)(H,33,36). The molecule has 0 atom stereocenters. The summed E-state index contributed by atoms with van der Waals surface area (Å²) < 4.78 is 13.3. The van der Waals surface area contributed by atoms with E-state index in [2.05, 4.69) is 14.8 Å². The van der Waals surface area contributed by atoms with E-state index in [4.69, 9.17) is 25.2 Å². The first kappa shape index (κ1) is 27.9. The molecule has 0 aliphatic heterocycles. The van der Waals surface area contributed by atoms with Crippen LogP contribution < -0.4 is 10.5 Å². The number of nitrogens with two attached hydrogens (primary N) is 1. The monoisotopic (exact) mass is 555 g/mol.